The van der Waals surface area contributed by atoms with E-state index in [1.165, 1.54) is 0 Å². The molecule has 6 heteroatoms. The summed E-state index contributed by atoms with van der Waals surface area (Å²) in [4.78, 5) is 27.4. The summed E-state index contributed by atoms with van der Waals surface area (Å²) in [6, 6.07) is 11.2. The molecular weight excluding hydrogens is 332 g/mol. The van der Waals surface area contributed by atoms with Crippen molar-refractivity contribution in [2.75, 3.05) is 13.2 Å². The van der Waals surface area contributed by atoms with E-state index in [2.05, 4.69) is 10.3 Å². The van der Waals surface area contributed by atoms with Crippen molar-refractivity contribution in [1.29, 1.82) is 0 Å². The van der Waals surface area contributed by atoms with Crippen LogP contribution < -0.4 is 10.9 Å². The van der Waals surface area contributed by atoms with Crippen molar-refractivity contribution < 1.29 is 14.3 Å². The summed E-state index contributed by atoms with van der Waals surface area (Å²) >= 11 is 0. The number of carbonyl (C=O) groups excluding carboxylic acids is 1. The van der Waals surface area contributed by atoms with Gasteiger partial charge < -0.3 is 19.8 Å². The fourth-order valence-electron chi connectivity index (χ4n) is 2.97. The van der Waals surface area contributed by atoms with Crippen molar-refractivity contribution in [3.05, 3.63) is 69.1 Å². The van der Waals surface area contributed by atoms with Crippen LogP contribution in [0, 0.1) is 13.8 Å². The molecule has 0 aliphatic carbocycles. The molecule has 1 aromatic heterocycles. The number of nitrogens with one attached hydrogen (secondary N) is 2. The first-order valence-corrected chi connectivity index (χ1v) is 8.79. The minimum absolute atomic E-state index is 0.112. The summed E-state index contributed by atoms with van der Waals surface area (Å²) in [5, 5.41) is 2.90. The maximum atomic E-state index is 12.6. The van der Waals surface area contributed by atoms with E-state index in [1.807, 2.05) is 37.3 Å². The number of carbonyl (C=O) groups is 1. The van der Waals surface area contributed by atoms with Crippen LogP contribution in [0.25, 0.3) is 0 Å². The summed E-state index contributed by atoms with van der Waals surface area (Å²) in [5.41, 5.74) is 2.43. The van der Waals surface area contributed by atoms with E-state index < -0.39 is 5.91 Å². The van der Waals surface area contributed by atoms with E-state index in [0.29, 0.717) is 26.2 Å². The molecule has 6 nitrogen and oxygen atoms in total. The first-order valence-electron chi connectivity index (χ1n) is 8.79. The van der Waals surface area contributed by atoms with Crippen LogP contribution >= 0.6 is 0 Å². The monoisotopic (exact) mass is 356 g/mol. The summed E-state index contributed by atoms with van der Waals surface area (Å²) in [6.45, 7) is 5.10. The topological polar surface area (TPSA) is 80.4 Å². The summed E-state index contributed by atoms with van der Waals surface area (Å²) in [5.74, 6) is -0.404. The highest BCUT2D eigenvalue weighted by Crippen LogP contribution is 2.15. The number of hydrogen-bond donors (Lipinski definition) is 2. The van der Waals surface area contributed by atoms with Gasteiger partial charge in [0.15, 0.2) is 0 Å². The van der Waals surface area contributed by atoms with Crippen molar-refractivity contribution in [2.45, 2.75) is 39.0 Å². The summed E-state index contributed by atoms with van der Waals surface area (Å²) in [7, 11) is 0. The number of hydrogen-bond acceptors (Lipinski definition) is 4. The van der Waals surface area contributed by atoms with Crippen LogP contribution in [0.15, 0.2) is 41.2 Å². The molecule has 0 spiro atoms. The predicted octanol–water partition coefficient (Wildman–Crippen LogP) is 2.10. The number of aromatic nitrogens is 1. The molecule has 0 unspecified atom stereocenters. The van der Waals surface area contributed by atoms with Gasteiger partial charge in [0.1, 0.15) is 5.56 Å². The fourth-order valence-corrected chi connectivity index (χ4v) is 2.97. The van der Waals surface area contributed by atoms with E-state index in [1.54, 1.807) is 13.0 Å². The largest absolute Gasteiger partial charge is 0.379 e. The summed E-state index contributed by atoms with van der Waals surface area (Å²) in [6.07, 6.45) is 0.541. The maximum absolute atomic E-state index is 12.6. The molecule has 0 saturated carbocycles. The van der Waals surface area contributed by atoms with E-state index >= 15 is 0 Å². The molecule has 138 valence electrons. The maximum Gasteiger partial charge on any atom is 0.261 e. The minimum Gasteiger partial charge on any atom is -0.379 e. The van der Waals surface area contributed by atoms with Crippen molar-refractivity contribution in [3.63, 3.8) is 0 Å². The molecule has 1 aromatic carbocycles. The molecule has 2 aromatic rings. The lowest BCUT2D eigenvalue weighted by Crippen LogP contribution is -2.51. The van der Waals surface area contributed by atoms with Gasteiger partial charge in [-0.3, -0.25) is 9.59 Å². The molecule has 2 heterocycles. The van der Waals surface area contributed by atoms with Crippen LogP contribution in [-0.4, -0.2) is 36.3 Å². The van der Waals surface area contributed by atoms with Crippen LogP contribution in [-0.2, 0) is 16.1 Å². The van der Waals surface area contributed by atoms with Gasteiger partial charge in [0.25, 0.3) is 11.5 Å². The van der Waals surface area contributed by atoms with Gasteiger partial charge in [-0.05, 0) is 37.5 Å². The third-order valence-electron chi connectivity index (χ3n) is 4.66. The van der Waals surface area contributed by atoms with E-state index in [9.17, 15) is 9.59 Å². The smallest absolute Gasteiger partial charge is 0.261 e. The molecule has 3 rings (SSSR count). The Labute approximate surface area is 152 Å². The normalized spacial score (nSPS) is 19.9. The SMILES string of the molecule is Cc1cc(C(=O)N[C@@H]2COCC[C@@H]2OCc2ccccc2)c(=O)[nH]c1C. The van der Waals surface area contributed by atoms with Gasteiger partial charge >= 0.3 is 0 Å². The minimum atomic E-state index is -0.404. The van der Waals surface area contributed by atoms with E-state index in [4.69, 9.17) is 9.47 Å². The average Bonchev–Trinajstić information content (AvgIpc) is 2.64. The van der Waals surface area contributed by atoms with Crippen molar-refractivity contribution in [3.8, 4) is 0 Å². The number of pyridine rings is 1. The number of aromatic amines is 1. The van der Waals surface area contributed by atoms with Crippen molar-refractivity contribution in [1.82, 2.24) is 10.3 Å². The number of benzene rings is 1. The Morgan fingerprint density at radius 3 is 2.85 bits per heavy atom. The molecule has 0 bridgehead atoms. The Bertz CT molecular complexity index is 816. The van der Waals surface area contributed by atoms with Crippen LogP contribution in [0.5, 0.6) is 0 Å². The lowest BCUT2D eigenvalue weighted by atomic mass is 10.1. The number of amides is 1. The summed E-state index contributed by atoms with van der Waals surface area (Å²) < 4.78 is 11.5. The van der Waals surface area contributed by atoms with Crippen LogP contribution in [0.3, 0.4) is 0 Å². The second-order valence-electron chi connectivity index (χ2n) is 6.60. The fraction of sp³-hybridized carbons (Fsp3) is 0.400. The van der Waals surface area contributed by atoms with Gasteiger partial charge in [-0.2, -0.15) is 0 Å². The van der Waals surface area contributed by atoms with Gasteiger partial charge in [0.05, 0.1) is 25.4 Å². The Morgan fingerprint density at radius 2 is 2.08 bits per heavy atom. The quantitative estimate of drug-likeness (QED) is 0.860. The molecule has 2 atom stereocenters. The van der Waals surface area contributed by atoms with Crippen molar-refractivity contribution >= 4 is 5.91 Å². The molecule has 0 radical (unpaired) electrons. The van der Waals surface area contributed by atoms with Gasteiger partial charge in [-0.25, -0.2) is 0 Å². The molecule has 1 aliphatic rings. The lowest BCUT2D eigenvalue weighted by Gasteiger charge is -2.32. The molecule has 2 N–H and O–H groups in total. The number of aryl methyl sites for hydroxylation is 2. The highest BCUT2D eigenvalue weighted by atomic mass is 16.5. The van der Waals surface area contributed by atoms with Gasteiger partial charge in [-0.1, -0.05) is 30.3 Å². The molecule has 1 aliphatic heterocycles. The average molecular weight is 356 g/mol. The van der Waals surface area contributed by atoms with Gasteiger partial charge in [0.2, 0.25) is 0 Å². The van der Waals surface area contributed by atoms with E-state index in [-0.39, 0.29) is 23.3 Å². The second-order valence-corrected chi connectivity index (χ2v) is 6.60. The van der Waals surface area contributed by atoms with Crippen LogP contribution in [0.1, 0.15) is 33.6 Å². The lowest BCUT2D eigenvalue weighted by molar-refractivity contribution is -0.0605. The first-order chi connectivity index (χ1) is 12.5. The Kier molecular flexibility index (Phi) is 5.85. The molecule has 1 saturated heterocycles. The molecular formula is C20H24N2O4. The number of ether oxygens (including phenoxy) is 2. The Morgan fingerprint density at radius 1 is 1.31 bits per heavy atom. The van der Waals surface area contributed by atoms with Crippen LogP contribution in [0.2, 0.25) is 0 Å². The first kappa shape index (κ1) is 18.4. The zero-order chi connectivity index (χ0) is 18.5. The molecule has 26 heavy (non-hydrogen) atoms. The van der Waals surface area contributed by atoms with Gasteiger partial charge in [-0.15, -0.1) is 0 Å². The molecule has 1 amide bonds. The standard InChI is InChI=1S/C20H24N2O4/c1-13-10-16(19(23)21-14(13)2)20(24)22-17-12-25-9-8-18(17)26-11-15-6-4-3-5-7-15/h3-7,10,17-18H,8-9,11-12H2,1-2H3,(H,21,23)(H,22,24)/t17-,18+/m1/s1. The zero-order valence-corrected chi connectivity index (χ0v) is 15.1. The highest BCUT2D eigenvalue weighted by Gasteiger charge is 2.29. The highest BCUT2D eigenvalue weighted by molar-refractivity contribution is 5.94. The third-order valence-corrected chi connectivity index (χ3v) is 4.66. The van der Waals surface area contributed by atoms with Crippen LogP contribution in [0.4, 0.5) is 0 Å². The van der Waals surface area contributed by atoms with Crippen molar-refractivity contribution in [2.24, 2.45) is 0 Å². The Hall–Kier alpha value is -2.44. The van der Waals surface area contributed by atoms with E-state index in [0.717, 1.165) is 16.8 Å². The third kappa shape index (κ3) is 4.39. The predicted molar refractivity (Wildman–Crippen MR) is 98.2 cm³/mol. The number of rotatable bonds is 5. The second kappa shape index (κ2) is 8.29. The Balaban J connectivity index is 1.67. The molecule has 1 fully saturated rings. The number of H-pyrrole nitrogens is 1. The van der Waals surface area contributed by atoms with Gasteiger partial charge in [0, 0.05) is 12.3 Å². The zero-order valence-electron chi connectivity index (χ0n) is 15.1.